The van der Waals surface area contributed by atoms with Crippen molar-refractivity contribution in [2.75, 3.05) is 11.9 Å². The van der Waals surface area contributed by atoms with Crippen LogP contribution in [-0.2, 0) is 15.8 Å². The minimum atomic E-state index is -4.51. The van der Waals surface area contributed by atoms with Gasteiger partial charge in [-0.1, -0.05) is 6.07 Å². The molecule has 0 atom stereocenters. The van der Waals surface area contributed by atoms with Crippen LogP contribution < -0.4 is 15.5 Å². The number of amides is 2. The summed E-state index contributed by atoms with van der Waals surface area (Å²) in [4.78, 5) is 23.6. The second-order valence-electron chi connectivity index (χ2n) is 6.08. The van der Waals surface area contributed by atoms with E-state index in [1.807, 2.05) is 0 Å². The molecule has 0 spiro atoms. The number of benzene rings is 2. The van der Waals surface area contributed by atoms with E-state index in [1.54, 1.807) is 13.0 Å². The van der Waals surface area contributed by atoms with Crippen molar-refractivity contribution >= 4 is 23.7 Å². The number of halogens is 3. The molecule has 0 fully saturated rings. The largest absolute Gasteiger partial charge is 0.504 e. The third-order valence-corrected chi connectivity index (χ3v) is 3.74. The lowest BCUT2D eigenvalue weighted by atomic mass is 10.2. The molecule has 3 N–H and O–H groups in total. The van der Waals surface area contributed by atoms with Gasteiger partial charge in [-0.2, -0.15) is 18.3 Å². The van der Waals surface area contributed by atoms with E-state index in [1.165, 1.54) is 30.5 Å². The third-order valence-electron chi connectivity index (χ3n) is 3.74. The Bertz CT molecular complexity index is 930. The molecule has 2 aromatic rings. The second-order valence-corrected chi connectivity index (χ2v) is 6.08. The Morgan fingerprint density at radius 2 is 1.87 bits per heavy atom. The highest BCUT2D eigenvalue weighted by Gasteiger charge is 2.30. The Morgan fingerprint density at radius 3 is 2.57 bits per heavy atom. The van der Waals surface area contributed by atoms with Gasteiger partial charge < -0.3 is 15.2 Å². The Labute approximate surface area is 170 Å². The number of hydrogen-bond acceptors (Lipinski definition) is 5. The maximum atomic E-state index is 12.7. The number of phenols is 1. The van der Waals surface area contributed by atoms with Gasteiger partial charge in [-0.15, -0.1) is 0 Å². The molecule has 2 rings (SSSR count). The highest BCUT2D eigenvalue weighted by atomic mass is 19.4. The fourth-order valence-corrected chi connectivity index (χ4v) is 2.34. The van der Waals surface area contributed by atoms with Gasteiger partial charge in [-0.3, -0.25) is 9.59 Å². The normalized spacial score (nSPS) is 11.3. The van der Waals surface area contributed by atoms with E-state index >= 15 is 0 Å². The predicted molar refractivity (Wildman–Crippen MR) is 104 cm³/mol. The van der Waals surface area contributed by atoms with Gasteiger partial charge in [-0.25, -0.2) is 5.43 Å². The van der Waals surface area contributed by atoms with Crippen molar-refractivity contribution in [2.24, 2.45) is 5.10 Å². The molecule has 0 saturated carbocycles. The molecule has 7 nitrogen and oxygen atoms in total. The van der Waals surface area contributed by atoms with Gasteiger partial charge in [0.05, 0.1) is 18.4 Å². The number of anilines is 1. The van der Waals surface area contributed by atoms with Crippen molar-refractivity contribution in [1.29, 1.82) is 0 Å². The number of hydrazone groups is 1. The fraction of sp³-hybridized carbons (Fsp3) is 0.250. The Balaban J connectivity index is 1.81. The van der Waals surface area contributed by atoms with E-state index in [2.05, 4.69) is 15.8 Å². The third kappa shape index (κ3) is 7.12. The van der Waals surface area contributed by atoms with Gasteiger partial charge in [0.1, 0.15) is 0 Å². The topological polar surface area (TPSA) is 100 Å². The molecule has 2 aromatic carbocycles. The Kier molecular flexibility index (Phi) is 7.79. The van der Waals surface area contributed by atoms with Crippen molar-refractivity contribution in [2.45, 2.75) is 25.9 Å². The van der Waals surface area contributed by atoms with E-state index < -0.39 is 23.6 Å². The zero-order valence-electron chi connectivity index (χ0n) is 16.0. The summed E-state index contributed by atoms with van der Waals surface area (Å²) in [7, 11) is 0. The van der Waals surface area contributed by atoms with Crippen LogP contribution in [0, 0.1) is 0 Å². The average Bonchev–Trinajstić information content (AvgIpc) is 2.68. The van der Waals surface area contributed by atoms with Gasteiger partial charge in [0.25, 0.3) is 0 Å². The van der Waals surface area contributed by atoms with Gasteiger partial charge in [0, 0.05) is 18.5 Å². The van der Waals surface area contributed by atoms with Crippen molar-refractivity contribution in [3.8, 4) is 11.5 Å². The van der Waals surface area contributed by atoms with Crippen LogP contribution in [0.25, 0.3) is 0 Å². The van der Waals surface area contributed by atoms with Gasteiger partial charge in [-0.05, 0) is 48.9 Å². The molecule has 0 aliphatic heterocycles. The summed E-state index contributed by atoms with van der Waals surface area (Å²) in [6, 6.07) is 8.74. The number of hydrogen-bond donors (Lipinski definition) is 3. The van der Waals surface area contributed by atoms with E-state index in [0.717, 1.165) is 12.1 Å². The summed E-state index contributed by atoms with van der Waals surface area (Å²) >= 11 is 0. The Hall–Kier alpha value is -3.56. The maximum absolute atomic E-state index is 12.7. The first-order chi connectivity index (χ1) is 14.2. The van der Waals surface area contributed by atoms with Gasteiger partial charge in [0.2, 0.25) is 11.8 Å². The SMILES string of the molecule is CCOc1cc(/C=N/NC(=O)CCC(=O)Nc2cccc(C(F)(F)F)c2)ccc1O. The smallest absolute Gasteiger partial charge is 0.416 e. The lowest BCUT2D eigenvalue weighted by Gasteiger charge is -2.09. The average molecular weight is 423 g/mol. The molecule has 0 radical (unpaired) electrons. The number of aromatic hydroxyl groups is 1. The van der Waals surface area contributed by atoms with Crippen molar-refractivity contribution in [3.63, 3.8) is 0 Å². The highest BCUT2D eigenvalue weighted by molar-refractivity contribution is 5.93. The van der Waals surface area contributed by atoms with Crippen LogP contribution in [0.4, 0.5) is 18.9 Å². The monoisotopic (exact) mass is 423 g/mol. The van der Waals surface area contributed by atoms with Crippen LogP contribution in [0.2, 0.25) is 0 Å². The lowest BCUT2D eigenvalue weighted by molar-refractivity contribution is -0.137. The number of rotatable bonds is 8. The molecule has 0 heterocycles. The standard InChI is InChI=1S/C20H20F3N3O4/c1-2-30-17-10-13(6-7-16(17)27)12-24-26-19(29)9-8-18(28)25-15-5-3-4-14(11-15)20(21,22)23/h3-7,10-12,27H,2,8-9H2,1H3,(H,25,28)(H,26,29)/b24-12+. The number of carbonyl (C=O) groups excluding carboxylic acids is 2. The van der Waals surface area contributed by atoms with Crippen LogP contribution in [0.1, 0.15) is 30.9 Å². The maximum Gasteiger partial charge on any atom is 0.416 e. The summed E-state index contributed by atoms with van der Waals surface area (Å²) in [6.07, 6.45) is -3.62. The zero-order valence-corrected chi connectivity index (χ0v) is 16.0. The van der Waals surface area contributed by atoms with Gasteiger partial charge in [0.15, 0.2) is 11.5 Å². The number of nitrogens with zero attached hydrogens (tertiary/aromatic N) is 1. The second kappa shape index (κ2) is 10.3. The molecule has 0 saturated heterocycles. The van der Waals surface area contributed by atoms with Crippen LogP contribution in [0.15, 0.2) is 47.6 Å². The predicted octanol–water partition coefficient (Wildman–Crippen LogP) is 3.68. The summed E-state index contributed by atoms with van der Waals surface area (Å²) in [5.74, 6) is -0.897. The van der Waals surface area contributed by atoms with E-state index in [4.69, 9.17) is 4.74 Å². The van der Waals surface area contributed by atoms with E-state index in [0.29, 0.717) is 12.2 Å². The number of carbonyl (C=O) groups is 2. The van der Waals surface area contributed by atoms with Crippen LogP contribution >= 0.6 is 0 Å². The summed E-state index contributed by atoms with van der Waals surface area (Å²) < 4.78 is 43.3. The molecule has 160 valence electrons. The molecule has 0 aromatic heterocycles. The van der Waals surface area contributed by atoms with Crippen LogP contribution in [-0.4, -0.2) is 29.7 Å². The first-order valence-corrected chi connectivity index (χ1v) is 8.94. The minimum absolute atomic E-state index is 0.00862. The quantitative estimate of drug-likeness (QED) is 0.446. The van der Waals surface area contributed by atoms with Crippen LogP contribution in [0.5, 0.6) is 11.5 Å². The zero-order chi connectivity index (χ0) is 22.1. The fourth-order valence-electron chi connectivity index (χ4n) is 2.34. The molecule has 2 amide bonds. The molecule has 0 bridgehead atoms. The lowest BCUT2D eigenvalue weighted by Crippen LogP contribution is -2.20. The first-order valence-electron chi connectivity index (χ1n) is 8.94. The van der Waals surface area contributed by atoms with Crippen LogP contribution in [0.3, 0.4) is 0 Å². The molecule has 10 heteroatoms. The number of alkyl halides is 3. The minimum Gasteiger partial charge on any atom is -0.504 e. The van der Waals surface area contributed by atoms with Crippen molar-refractivity contribution in [1.82, 2.24) is 5.43 Å². The van der Waals surface area contributed by atoms with Gasteiger partial charge >= 0.3 is 6.18 Å². The molecule has 30 heavy (non-hydrogen) atoms. The molecule has 0 aliphatic rings. The highest BCUT2D eigenvalue weighted by Crippen LogP contribution is 2.30. The molecular weight excluding hydrogens is 403 g/mol. The van der Waals surface area contributed by atoms with E-state index in [-0.39, 0.29) is 30.0 Å². The number of nitrogens with one attached hydrogen (secondary N) is 2. The number of ether oxygens (including phenoxy) is 1. The summed E-state index contributed by atoms with van der Waals surface area (Å²) in [5.41, 5.74) is 1.92. The Morgan fingerprint density at radius 1 is 1.13 bits per heavy atom. The van der Waals surface area contributed by atoms with Crippen molar-refractivity contribution < 1.29 is 32.6 Å². The van der Waals surface area contributed by atoms with E-state index in [9.17, 15) is 27.9 Å². The summed E-state index contributed by atoms with van der Waals surface area (Å²) in [6.45, 7) is 2.14. The first kappa shape index (κ1) is 22.7. The molecular formula is C20H20F3N3O4. The summed E-state index contributed by atoms with van der Waals surface area (Å²) in [5, 5.41) is 15.7. The van der Waals surface area contributed by atoms with Crippen molar-refractivity contribution in [3.05, 3.63) is 53.6 Å². The number of phenolic OH excluding ortho intramolecular Hbond substituents is 1. The molecule has 0 unspecified atom stereocenters. The molecule has 0 aliphatic carbocycles.